The molecule has 0 fully saturated rings. The fraction of sp³-hybridized carbons (Fsp3) is 0.353. The van der Waals surface area contributed by atoms with Crippen molar-refractivity contribution in [3.8, 4) is 0 Å². The number of rotatable bonds is 4. The minimum Gasteiger partial charge on any atom is -0.454 e. The van der Waals surface area contributed by atoms with Crippen LogP contribution in [0.4, 0.5) is 5.69 Å². The van der Waals surface area contributed by atoms with Gasteiger partial charge in [-0.2, -0.15) is 0 Å². The van der Waals surface area contributed by atoms with Crippen molar-refractivity contribution in [2.24, 2.45) is 5.73 Å². The molecule has 4 nitrogen and oxygen atoms in total. The number of para-hydroxylation sites is 1. The van der Waals surface area contributed by atoms with Crippen LogP contribution in [-0.2, 0) is 0 Å². The number of anilines is 1. The predicted octanol–water partition coefficient (Wildman–Crippen LogP) is 3.98. The summed E-state index contributed by atoms with van der Waals surface area (Å²) in [6, 6.07) is 9.18. The molecule has 1 atom stereocenters. The largest absolute Gasteiger partial charge is 0.454 e. The molecule has 1 heterocycles. The molecule has 0 bridgehead atoms. The first-order valence-electron chi connectivity index (χ1n) is 7.16. The van der Waals surface area contributed by atoms with Crippen LogP contribution in [0.25, 0.3) is 0 Å². The van der Waals surface area contributed by atoms with E-state index in [1.165, 1.54) is 0 Å². The Morgan fingerprint density at radius 1 is 1.19 bits per heavy atom. The molecule has 0 saturated carbocycles. The van der Waals surface area contributed by atoms with Crippen LogP contribution in [0.3, 0.4) is 0 Å². The zero-order valence-electron chi connectivity index (χ0n) is 12.9. The van der Waals surface area contributed by atoms with E-state index in [0.29, 0.717) is 11.7 Å². The molecular weight excluding hydrogens is 264 g/mol. The summed E-state index contributed by atoms with van der Waals surface area (Å²) in [4.78, 5) is 12.3. The quantitative estimate of drug-likeness (QED) is 0.893. The Hall–Kier alpha value is -2.07. The lowest BCUT2D eigenvalue weighted by Gasteiger charge is -2.15. The van der Waals surface area contributed by atoms with E-state index >= 15 is 0 Å². The van der Waals surface area contributed by atoms with E-state index in [1.807, 2.05) is 32.0 Å². The van der Waals surface area contributed by atoms with E-state index in [2.05, 4.69) is 19.2 Å². The van der Waals surface area contributed by atoms with Gasteiger partial charge in [0.1, 0.15) is 5.76 Å². The number of carbonyl (C=O) groups excluding carboxylic acids is 1. The summed E-state index contributed by atoms with van der Waals surface area (Å²) in [7, 11) is 0. The Morgan fingerprint density at radius 3 is 2.48 bits per heavy atom. The molecule has 0 spiro atoms. The van der Waals surface area contributed by atoms with Crippen LogP contribution in [0.5, 0.6) is 0 Å². The monoisotopic (exact) mass is 286 g/mol. The van der Waals surface area contributed by atoms with Crippen molar-refractivity contribution in [3.63, 3.8) is 0 Å². The molecule has 1 aromatic carbocycles. The minimum atomic E-state index is -0.252. The standard InChI is InChI=1S/C17H22N2O2/c1-10(2)13-7-5-6-11(3)16(13)19-17(20)15-9-8-14(21-15)12(4)18/h5-10,12H,18H2,1-4H3,(H,19,20). The molecule has 2 aromatic rings. The number of hydrogen-bond acceptors (Lipinski definition) is 3. The SMILES string of the molecule is Cc1cccc(C(C)C)c1NC(=O)c1ccc(C(C)N)o1. The van der Waals surface area contributed by atoms with Gasteiger partial charge in [-0.1, -0.05) is 32.0 Å². The molecule has 0 saturated heterocycles. The van der Waals surface area contributed by atoms with Crippen LogP contribution >= 0.6 is 0 Å². The second-order valence-electron chi connectivity index (χ2n) is 5.64. The summed E-state index contributed by atoms with van der Waals surface area (Å²) >= 11 is 0. The molecule has 3 N–H and O–H groups in total. The number of carbonyl (C=O) groups is 1. The molecular formula is C17H22N2O2. The highest BCUT2D eigenvalue weighted by Crippen LogP contribution is 2.28. The zero-order valence-corrected chi connectivity index (χ0v) is 12.9. The highest BCUT2D eigenvalue weighted by atomic mass is 16.4. The van der Waals surface area contributed by atoms with E-state index in [-0.39, 0.29) is 17.7 Å². The van der Waals surface area contributed by atoms with Crippen molar-refractivity contribution in [3.05, 3.63) is 53.0 Å². The normalized spacial score (nSPS) is 12.5. The van der Waals surface area contributed by atoms with E-state index in [1.54, 1.807) is 12.1 Å². The van der Waals surface area contributed by atoms with Gasteiger partial charge in [0.15, 0.2) is 5.76 Å². The maximum absolute atomic E-state index is 12.3. The fourth-order valence-corrected chi connectivity index (χ4v) is 2.24. The van der Waals surface area contributed by atoms with Gasteiger partial charge in [0, 0.05) is 5.69 Å². The van der Waals surface area contributed by atoms with Crippen molar-refractivity contribution in [1.29, 1.82) is 0 Å². The van der Waals surface area contributed by atoms with E-state index in [0.717, 1.165) is 16.8 Å². The van der Waals surface area contributed by atoms with Gasteiger partial charge in [-0.05, 0) is 43.0 Å². The lowest BCUT2D eigenvalue weighted by atomic mass is 9.98. The van der Waals surface area contributed by atoms with E-state index in [4.69, 9.17) is 10.2 Å². The first kappa shape index (κ1) is 15.3. The summed E-state index contributed by atoms with van der Waals surface area (Å²) in [5.41, 5.74) is 8.75. The number of nitrogens with one attached hydrogen (secondary N) is 1. The Labute approximate surface area is 125 Å². The third-order valence-electron chi connectivity index (χ3n) is 3.46. The van der Waals surface area contributed by atoms with Gasteiger partial charge in [0.25, 0.3) is 5.91 Å². The van der Waals surface area contributed by atoms with Gasteiger partial charge in [0.05, 0.1) is 6.04 Å². The van der Waals surface area contributed by atoms with Gasteiger partial charge in [-0.15, -0.1) is 0 Å². The van der Waals surface area contributed by atoms with Crippen LogP contribution < -0.4 is 11.1 Å². The lowest BCUT2D eigenvalue weighted by Crippen LogP contribution is -2.14. The third-order valence-corrected chi connectivity index (χ3v) is 3.46. The molecule has 4 heteroatoms. The lowest BCUT2D eigenvalue weighted by molar-refractivity contribution is 0.0994. The first-order chi connectivity index (χ1) is 9.90. The van der Waals surface area contributed by atoms with Crippen molar-refractivity contribution >= 4 is 11.6 Å². The maximum atomic E-state index is 12.3. The van der Waals surface area contributed by atoms with Crippen LogP contribution in [-0.4, -0.2) is 5.91 Å². The van der Waals surface area contributed by atoms with E-state index in [9.17, 15) is 4.79 Å². The fourth-order valence-electron chi connectivity index (χ4n) is 2.24. The minimum absolute atomic E-state index is 0.226. The highest BCUT2D eigenvalue weighted by Gasteiger charge is 2.16. The highest BCUT2D eigenvalue weighted by molar-refractivity contribution is 6.03. The maximum Gasteiger partial charge on any atom is 0.291 e. The summed E-state index contributed by atoms with van der Waals surface area (Å²) in [5.74, 6) is 0.962. The summed E-state index contributed by atoms with van der Waals surface area (Å²) in [6.45, 7) is 8.01. The second kappa shape index (κ2) is 6.14. The molecule has 1 amide bonds. The smallest absolute Gasteiger partial charge is 0.291 e. The molecule has 21 heavy (non-hydrogen) atoms. The number of nitrogens with two attached hydrogens (primary N) is 1. The van der Waals surface area contributed by atoms with Gasteiger partial charge in [-0.3, -0.25) is 4.79 Å². The van der Waals surface area contributed by atoms with Crippen LogP contribution in [0.1, 0.15) is 60.2 Å². The number of furan rings is 1. The topological polar surface area (TPSA) is 68.3 Å². The van der Waals surface area contributed by atoms with Crippen LogP contribution in [0.2, 0.25) is 0 Å². The third kappa shape index (κ3) is 3.34. The molecule has 2 rings (SSSR count). The van der Waals surface area contributed by atoms with Gasteiger partial charge in [-0.25, -0.2) is 0 Å². The number of benzene rings is 1. The zero-order chi connectivity index (χ0) is 15.6. The number of amides is 1. The Morgan fingerprint density at radius 2 is 1.90 bits per heavy atom. The van der Waals surface area contributed by atoms with Crippen LogP contribution in [0.15, 0.2) is 34.7 Å². The second-order valence-corrected chi connectivity index (χ2v) is 5.64. The molecule has 0 aliphatic carbocycles. The summed E-state index contributed by atoms with van der Waals surface area (Å²) in [6.07, 6.45) is 0. The molecule has 1 aromatic heterocycles. The van der Waals surface area contributed by atoms with Gasteiger partial charge < -0.3 is 15.5 Å². The summed E-state index contributed by atoms with van der Waals surface area (Å²) < 4.78 is 5.48. The van der Waals surface area contributed by atoms with Crippen molar-refractivity contribution in [1.82, 2.24) is 0 Å². The van der Waals surface area contributed by atoms with Crippen LogP contribution in [0, 0.1) is 6.92 Å². The first-order valence-corrected chi connectivity index (χ1v) is 7.16. The average molecular weight is 286 g/mol. The predicted molar refractivity (Wildman–Crippen MR) is 84.5 cm³/mol. The number of aryl methyl sites for hydroxylation is 1. The Bertz CT molecular complexity index is 642. The van der Waals surface area contributed by atoms with Gasteiger partial charge in [0.2, 0.25) is 0 Å². The molecule has 0 aliphatic rings. The van der Waals surface area contributed by atoms with Crippen molar-refractivity contribution in [2.75, 3.05) is 5.32 Å². The molecule has 0 radical (unpaired) electrons. The molecule has 112 valence electrons. The average Bonchev–Trinajstić information content (AvgIpc) is 2.90. The Balaban J connectivity index is 2.27. The molecule has 1 unspecified atom stereocenters. The summed E-state index contributed by atoms with van der Waals surface area (Å²) in [5, 5.41) is 2.96. The Kier molecular flexibility index (Phi) is 4.48. The van der Waals surface area contributed by atoms with E-state index < -0.39 is 0 Å². The van der Waals surface area contributed by atoms with Crippen molar-refractivity contribution in [2.45, 2.75) is 39.7 Å². The number of hydrogen-bond donors (Lipinski definition) is 2. The molecule has 0 aliphatic heterocycles. The van der Waals surface area contributed by atoms with Crippen molar-refractivity contribution < 1.29 is 9.21 Å². The van der Waals surface area contributed by atoms with Gasteiger partial charge >= 0.3 is 0 Å².